The summed E-state index contributed by atoms with van der Waals surface area (Å²) in [5, 5.41) is 2.49. The molecule has 0 aliphatic rings. The Labute approximate surface area is 119 Å². The second kappa shape index (κ2) is 5.30. The van der Waals surface area contributed by atoms with Crippen molar-refractivity contribution in [2.45, 2.75) is 13.8 Å². The lowest BCUT2D eigenvalue weighted by molar-refractivity contribution is 1.35. The number of rotatable bonds is 2. The molecule has 20 heavy (non-hydrogen) atoms. The quantitative estimate of drug-likeness (QED) is 0.560. The molecule has 1 heteroatoms. The maximum Gasteiger partial charge on any atom is 0.0661 e. The molecule has 0 atom stereocenters. The molecule has 3 aromatic rings. The van der Waals surface area contributed by atoms with Crippen molar-refractivity contribution in [3.05, 3.63) is 77.4 Å². The number of hydrogen-bond acceptors (Lipinski definition) is 1. The van der Waals surface area contributed by atoms with Crippen LogP contribution in [0.1, 0.15) is 16.7 Å². The summed E-state index contributed by atoms with van der Waals surface area (Å²) in [6.45, 7) is 4.19. The van der Waals surface area contributed by atoms with Crippen LogP contribution in [0, 0.1) is 13.8 Å². The third-order valence-electron chi connectivity index (χ3n) is 3.53. The Morgan fingerprint density at radius 1 is 0.850 bits per heavy atom. The highest BCUT2D eigenvalue weighted by molar-refractivity contribution is 6.00. The van der Waals surface area contributed by atoms with E-state index < -0.39 is 0 Å². The Kier molecular flexibility index (Phi) is 3.34. The first kappa shape index (κ1) is 12.6. The number of aryl methyl sites for hydroxylation is 2. The molecule has 98 valence electrons. The second-order valence-corrected chi connectivity index (χ2v) is 5.12. The molecular weight excluding hydrogens is 242 g/mol. The van der Waals surface area contributed by atoms with Gasteiger partial charge in [0.25, 0.3) is 0 Å². The monoisotopic (exact) mass is 259 g/mol. The molecule has 0 spiro atoms. The number of nitrogens with zero attached hydrogens (tertiary/aromatic N) is 1. The molecule has 0 bridgehead atoms. The van der Waals surface area contributed by atoms with Gasteiger partial charge in [0.05, 0.1) is 5.69 Å². The fourth-order valence-corrected chi connectivity index (χ4v) is 2.36. The molecule has 0 aliphatic carbocycles. The highest BCUT2D eigenvalue weighted by Gasteiger charge is 1.99. The van der Waals surface area contributed by atoms with E-state index in [0.29, 0.717) is 0 Å². The van der Waals surface area contributed by atoms with Crippen molar-refractivity contribution in [3.63, 3.8) is 0 Å². The predicted octanol–water partition coefficient (Wildman–Crippen LogP) is 5.21. The molecule has 1 nitrogen and oxygen atoms in total. The largest absolute Gasteiger partial charge is 0.256 e. The SMILES string of the molecule is Cc1ccc(C)c(N=Cc2cccc3ccccc23)c1. The zero-order valence-corrected chi connectivity index (χ0v) is 11.8. The van der Waals surface area contributed by atoms with Crippen molar-refractivity contribution in [2.75, 3.05) is 0 Å². The minimum atomic E-state index is 1.04. The Bertz CT molecular complexity index is 779. The van der Waals surface area contributed by atoms with E-state index in [0.717, 1.165) is 11.3 Å². The molecule has 0 unspecified atom stereocenters. The number of hydrogen-bond donors (Lipinski definition) is 0. The molecule has 0 radical (unpaired) electrons. The van der Waals surface area contributed by atoms with E-state index in [1.54, 1.807) is 0 Å². The van der Waals surface area contributed by atoms with Crippen LogP contribution in [0.4, 0.5) is 5.69 Å². The maximum absolute atomic E-state index is 4.66. The Hall–Kier alpha value is -2.41. The molecule has 0 amide bonds. The first-order valence-corrected chi connectivity index (χ1v) is 6.83. The van der Waals surface area contributed by atoms with Crippen LogP contribution in [-0.4, -0.2) is 6.21 Å². The highest BCUT2D eigenvalue weighted by atomic mass is 14.7. The topological polar surface area (TPSA) is 12.4 Å². The zero-order chi connectivity index (χ0) is 13.9. The minimum Gasteiger partial charge on any atom is -0.256 e. The normalized spacial score (nSPS) is 11.3. The summed E-state index contributed by atoms with van der Waals surface area (Å²) in [7, 11) is 0. The van der Waals surface area contributed by atoms with Crippen molar-refractivity contribution in [2.24, 2.45) is 4.99 Å². The van der Waals surface area contributed by atoms with E-state index >= 15 is 0 Å². The van der Waals surface area contributed by atoms with Gasteiger partial charge in [-0.25, -0.2) is 0 Å². The van der Waals surface area contributed by atoms with Gasteiger partial charge in [0, 0.05) is 11.8 Å². The second-order valence-electron chi connectivity index (χ2n) is 5.12. The summed E-state index contributed by atoms with van der Waals surface area (Å²) in [5.74, 6) is 0. The summed E-state index contributed by atoms with van der Waals surface area (Å²) in [6.07, 6.45) is 1.96. The van der Waals surface area contributed by atoms with Crippen molar-refractivity contribution in [1.29, 1.82) is 0 Å². The summed E-state index contributed by atoms with van der Waals surface area (Å²) in [4.78, 5) is 4.66. The van der Waals surface area contributed by atoms with E-state index in [4.69, 9.17) is 0 Å². The molecule has 0 saturated heterocycles. The van der Waals surface area contributed by atoms with Crippen LogP contribution in [0.3, 0.4) is 0 Å². The van der Waals surface area contributed by atoms with E-state index in [-0.39, 0.29) is 0 Å². The van der Waals surface area contributed by atoms with Crippen LogP contribution < -0.4 is 0 Å². The van der Waals surface area contributed by atoms with Gasteiger partial charge < -0.3 is 0 Å². The summed E-state index contributed by atoms with van der Waals surface area (Å²) < 4.78 is 0. The summed E-state index contributed by atoms with van der Waals surface area (Å²) in [5.41, 5.74) is 4.63. The molecule has 3 aromatic carbocycles. The van der Waals surface area contributed by atoms with Crippen LogP contribution in [0.15, 0.2) is 65.7 Å². The zero-order valence-electron chi connectivity index (χ0n) is 11.8. The molecule has 0 aliphatic heterocycles. The van der Waals surface area contributed by atoms with Gasteiger partial charge in [-0.05, 0) is 41.8 Å². The van der Waals surface area contributed by atoms with Gasteiger partial charge in [-0.3, -0.25) is 4.99 Å². The smallest absolute Gasteiger partial charge is 0.0661 e. The fourth-order valence-electron chi connectivity index (χ4n) is 2.36. The van der Waals surface area contributed by atoms with Gasteiger partial charge in [0.2, 0.25) is 0 Å². The van der Waals surface area contributed by atoms with Crippen LogP contribution in [-0.2, 0) is 0 Å². The standard InChI is InChI=1S/C19H17N/c1-14-10-11-15(2)19(12-14)20-13-17-8-5-7-16-6-3-4-9-18(16)17/h3-13H,1-2H3. The van der Waals surface area contributed by atoms with E-state index in [9.17, 15) is 0 Å². The lowest BCUT2D eigenvalue weighted by Gasteiger charge is -2.03. The van der Waals surface area contributed by atoms with E-state index in [1.807, 2.05) is 6.21 Å². The Morgan fingerprint density at radius 3 is 2.55 bits per heavy atom. The predicted molar refractivity (Wildman–Crippen MR) is 87.1 cm³/mol. The third-order valence-corrected chi connectivity index (χ3v) is 3.53. The van der Waals surface area contributed by atoms with Crippen molar-refractivity contribution in [1.82, 2.24) is 0 Å². The van der Waals surface area contributed by atoms with Crippen molar-refractivity contribution in [3.8, 4) is 0 Å². The fraction of sp³-hybridized carbons (Fsp3) is 0.105. The Balaban J connectivity index is 2.05. The minimum absolute atomic E-state index is 1.04. The molecule has 0 fully saturated rings. The van der Waals surface area contributed by atoms with Gasteiger partial charge in [-0.1, -0.05) is 54.6 Å². The summed E-state index contributed by atoms with van der Waals surface area (Å²) in [6, 6.07) is 21.1. The van der Waals surface area contributed by atoms with E-state index in [2.05, 4.69) is 79.5 Å². The number of benzene rings is 3. The first-order chi connectivity index (χ1) is 9.74. The number of aliphatic imine (C=N–C) groups is 1. The summed E-state index contributed by atoms with van der Waals surface area (Å²) >= 11 is 0. The third kappa shape index (κ3) is 2.48. The van der Waals surface area contributed by atoms with Gasteiger partial charge in [-0.15, -0.1) is 0 Å². The first-order valence-electron chi connectivity index (χ1n) is 6.83. The van der Waals surface area contributed by atoms with E-state index in [1.165, 1.54) is 21.9 Å². The van der Waals surface area contributed by atoms with Crippen LogP contribution >= 0.6 is 0 Å². The molecule has 3 rings (SSSR count). The maximum atomic E-state index is 4.66. The van der Waals surface area contributed by atoms with Crippen molar-refractivity contribution < 1.29 is 0 Å². The van der Waals surface area contributed by atoms with Crippen LogP contribution in [0.2, 0.25) is 0 Å². The lowest BCUT2D eigenvalue weighted by atomic mass is 10.1. The van der Waals surface area contributed by atoms with Gasteiger partial charge in [-0.2, -0.15) is 0 Å². The van der Waals surface area contributed by atoms with Gasteiger partial charge in [0.15, 0.2) is 0 Å². The Morgan fingerprint density at radius 2 is 1.65 bits per heavy atom. The van der Waals surface area contributed by atoms with Crippen LogP contribution in [0.25, 0.3) is 10.8 Å². The van der Waals surface area contributed by atoms with Gasteiger partial charge >= 0.3 is 0 Å². The highest BCUT2D eigenvalue weighted by Crippen LogP contribution is 2.21. The average molecular weight is 259 g/mol. The molecule has 0 saturated carbocycles. The lowest BCUT2D eigenvalue weighted by Crippen LogP contribution is -1.84. The molecule has 0 N–H and O–H groups in total. The van der Waals surface area contributed by atoms with Crippen molar-refractivity contribution >= 4 is 22.7 Å². The number of fused-ring (bicyclic) bond motifs is 1. The average Bonchev–Trinajstić information content (AvgIpc) is 2.48. The molecular formula is C19H17N. The van der Waals surface area contributed by atoms with Crippen LogP contribution in [0.5, 0.6) is 0 Å². The van der Waals surface area contributed by atoms with Gasteiger partial charge in [0.1, 0.15) is 0 Å². The molecule has 0 aromatic heterocycles. The molecule has 0 heterocycles.